The van der Waals surface area contributed by atoms with Crippen LogP contribution in [0, 0.1) is 0 Å². The summed E-state index contributed by atoms with van der Waals surface area (Å²) in [6.45, 7) is 0. The predicted molar refractivity (Wildman–Crippen MR) is 100 cm³/mol. The maximum Gasteiger partial charge on any atom is 0.277 e. The van der Waals surface area contributed by atoms with Gasteiger partial charge in [-0.1, -0.05) is 42.1 Å². The van der Waals surface area contributed by atoms with Gasteiger partial charge in [0.15, 0.2) is 0 Å². The molecule has 2 aromatic heterocycles. The molecule has 2 heterocycles. The highest BCUT2D eigenvalue weighted by Gasteiger charge is 2.09. The molecule has 0 unspecified atom stereocenters. The Morgan fingerprint density at radius 1 is 0.808 bits per heavy atom. The van der Waals surface area contributed by atoms with Crippen LogP contribution in [0.15, 0.2) is 88.8 Å². The molecule has 128 valence electrons. The minimum atomic E-state index is 0.501. The van der Waals surface area contributed by atoms with E-state index in [2.05, 4.69) is 15.2 Å². The van der Waals surface area contributed by atoms with E-state index in [-0.39, 0.29) is 0 Å². The third kappa shape index (κ3) is 4.10. The van der Waals surface area contributed by atoms with E-state index in [1.807, 2.05) is 66.7 Å². The minimum absolute atomic E-state index is 0.501. The largest absolute Gasteiger partial charge is 0.457 e. The first-order valence-electron chi connectivity index (χ1n) is 8.05. The number of rotatable bonds is 6. The Hall–Kier alpha value is -3.12. The molecule has 0 aliphatic carbocycles. The Morgan fingerprint density at radius 3 is 2.31 bits per heavy atom. The molecule has 4 aromatic rings. The third-order valence-electron chi connectivity index (χ3n) is 3.60. The zero-order valence-corrected chi connectivity index (χ0v) is 14.6. The number of para-hydroxylation sites is 1. The number of benzene rings is 2. The predicted octanol–water partition coefficient (Wildman–Crippen LogP) is 5.22. The molecule has 0 saturated heterocycles. The molecule has 0 bridgehead atoms. The van der Waals surface area contributed by atoms with Crippen LogP contribution in [0.25, 0.3) is 11.5 Å². The standard InChI is InChI=1S/C20H15N3O2S/c1-2-4-17(5-3-1)24-18-8-6-15(7-9-18)14-26-20-23-22-19(25-20)16-10-12-21-13-11-16/h1-13H,14H2. The van der Waals surface area contributed by atoms with Gasteiger partial charge in [0.1, 0.15) is 11.5 Å². The molecule has 4 rings (SSSR count). The van der Waals surface area contributed by atoms with E-state index in [9.17, 15) is 0 Å². The first kappa shape index (κ1) is 16.4. The van der Waals surface area contributed by atoms with Crippen LogP contribution >= 0.6 is 11.8 Å². The first-order chi connectivity index (χ1) is 12.9. The van der Waals surface area contributed by atoms with Crippen molar-refractivity contribution in [2.75, 3.05) is 0 Å². The van der Waals surface area contributed by atoms with E-state index in [1.165, 1.54) is 11.8 Å². The summed E-state index contributed by atoms with van der Waals surface area (Å²) in [4.78, 5) is 3.98. The van der Waals surface area contributed by atoms with Crippen molar-refractivity contribution in [2.45, 2.75) is 11.0 Å². The Balaban J connectivity index is 1.36. The van der Waals surface area contributed by atoms with Crippen LogP contribution in [0.4, 0.5) is 0 Å². The molecule has 0 fully saturated rings. The van der Waals surface area contributed by atoms with Gasteiger partial charge in [0.2, 0.25) is 5.89 Å². The molecule has 0 spiro atoms. The molecule has 0 saturated carbocycles. The van der Waals surface area contributed by atoms with E-state index in [1.54, 1.807) is 12.4 Å². The minimum Gasteiger partial charge on any atom is -0.457 e. The summed E-state index contributed by atoms with van der Waals surface area (Å²) in [5.74, 6) is 2.87. The van der Waals surface area contributed by atoms with Crippen molar-refractivity contribution in [2.24, 2.45) is 0 Å². The summed E-state index contributed by atoms with van der Waals surface area (Å²) >= 11 is 1.50. The Kier molecular flexibility index (Phi) is 4.93. The maximum atomic E-state index is 5.80. The average molecular weight is 361 g/mol. The highest BCUT2D eigenvalue weighted by molar-refractivity contribution is 7.98. The molecule has 26 heavy (non-hydrogen) atoms. The lowest BCUT2D eigenvalue weighted by Crippen LogP contribution is -1.85. The summed E-state index contributed by atoms with van der Waals surface area (Å²) in [5, 5.41) is 8.70. The summed E-state index contributed by atoms with van der Waals surface area (Å²) in [6, 6.07) is 21.4. The fraction of sp³-hybridized carbons (Fsp3) is 0.0500. The van der Waals surface area contributed by atoms with E-state index in [4.69, 9.17) is 9.15 Å². The Labute approximate surface area is 155 Å². The van der Waals surface area contributed by atoms with Gasteiger partial charge in [0.25, 0.3) is 5.22 Å². The second kappa shape index (κ2) is 7.84. The van der Waals surface area contributed by atoms with Crippen LogP contribution < -0.4 is 4.74 Å². The first-order valence-corrected chi connectivity index (χ1v) is 9.04. The van der Waals surface area contributed by atoms with Crippen molar-refractivity contribution < 1.29 is 9.15 Å². The number of hydrogen-bond donors (Lipinski definition) is 0. The van der Waals surface area contributed by atoms with Crippen molar-refractivity contribution in [1.82, 2.24) is 15.2 Å². The van der Waals surface area contributed by atoms with Gasteiger partial charge in [-0.3, -0.25) is 4.98 Å². The number of ether oxygens (including phenoxy) is 1. The van der Waals surface area contributed by atoms with E-state index < -0.39 is 0 Å². The van der Waals surface area contributed by atoms with Gasteiger partial charge in [0.05, 0.1) is 0 Å². The molecular weight excluding hydrogens is 346 g/mol. The highest BCUT2D eigenvalue weighted by Crippen LogP contribution is 2.27. The van der Waals surface area contributed by atoms with Crippen molar-refractivity contribution >= 4 is 11.8 Å². The van der Waals surface area contributed by atoms with Crippen LogP contribution in [-0.4, -0.2) is 15.2 Å². The second-order valence-electron chi connectivity index (χ2n) is 5.46. The Bertz CT molecular complexity index is 957. The van der Waals surface area contributed by atoms with E-state index in [0.29, 0.717) is 11.1 Å². The number of hydrogen-bond acceptors (Lipinski definition) is 6. The van der Waals surface area contributed by atoms with Gasteiger partial charge < -0.3 is 9.15 Å². The van der Waals surface area contributed by atoms with Crippen molar-refractivity contribution in [3.8, 4) is 23.0 Å². The van der Waals surface area contributed by atoms with Gasteiger partial charge in [-0.25, -0.2) is 0 Å². The lowest BCUT2D eigenvalue weighted by Gasteiger charge is -2.06. The van der Waals surface area contributed by atoms with Crippen molar-refractivity contribution in [1.29, 1.82) is 0 Å². The molecule has 5 nitrogen and oxygen atoms in total. The van der Waals surface area contributed by atoms with Gasteiger partial charge in [-0.2, -0.15) is 0 Å². The maximum absolute atomic E-state index is 5.80. The quantitative estimate of drug-likeness (QED) is 0.439. The molecular formula is C20H15N3O2S. The molecule has 0 N–H and O–H groups in total. The van der Waals surface area contributed by atoms with Gasteiger partial charge >= 0.3 is 0 Å². The highest BCUT2D eigenvalue weighted by atomic mass is 32.2. The third-order valence-corrected chi connectivity index (χ3v) is 4.49. The van der Waals surface area contributed by atoms with E-state index in [0.717, 1.165) is 28.4 Å². The normalized spacial score (nSPS) is 10.6. The zero-order valence-electron chi connectivity index (χ0n) is 13.8. The van der Waals surface area contributed by atoms with E-state index >= 15 is 0 Å². The van der Waals surface area contributed by atoms with Crippen molar-refractivity contribution in [3.05, 3.63) is 84.7 Å². The fourth-order valence-electron chi connectivity index (χ4n) is 2.30. The van der Waals surface area contributed by atoms with Crippen LogP contribution in [0.5, 0.6) is 11.5 Å². The molecule has 2 aromatic carbocycles. The summed E-state index contributed by atoms with van der Waals surface area (Å²) in [6.07, 6.45) is 3.40. The lowest BCUT2D eigenvalue weighted by atomic mass is 10.2. The number of thioether (sulfide) groups is 1. The van der Waals surface area contributed by atoms with Gasteiger partial charge in [-0.15, -0.1) is 10.2 Å². The monoisotopic (exact) mass is 361 g/mol. The summed E-state index contributed by atoms with van der Waals surface area (Å²) in [5.41, 5.74) is 2.01. The van der Waals surface area contributed by atoms with Gasteiger partial charge in [-0.05, 0) is 42.0 Å². The number of nitrogens with zero attached hydrogens (tertiary/aromatic N) is 3. The lowest BCUT2D eigenvalue weighted by molar-refractivity contribution is 0.466. The Morgan fingerprint density at radius 2 is 1.54 bits per heavy atom. The topological polar surface area (TPSA) is 61.0 Å². The molecule has 0 amide bonds. The van der Waals surface area contributed by atoms with Crippen molar-refractivity contribution in [3.63, 3.8) is 0 Å². The average Bonchev–Trinajstić information content (AvgIpc) is 3.18. The molecule has 0 atom stereocenters. The zero-order chi connectivity index (χ0) is 17.6. The SMILES string of the molecule is c1ccc(Oc2ccc(CSc3nnc(-c4ccncc4)o3)cc2)cc1. The smallest absolute Gasteiger partial charge is 0.277 e. The molecule has 0 radical (unpaired) electrons. The molecule has 0 aliphatic heterocycles. The fourth-order valence-corrected chi connectivity index (χ4v) is 3.02. The van der Waals surface area contributed by atoms with Crippen LogP contribution in [0.3, 0.4) is 0 Å². The van der Waals surface area contributed by atoms with Crippen LogP contribution in [0.2, 0.25) is 0 Å². The summed E-state index contributed by atoms with van der Waals surface area (Å²) < 4.78 is 11.5. The molecule has 0 aliphatic rings. The number of pyridine rings is 1. The van der Waals surface area contributed by atoms with Gasteiger partial charge in [0, 0.05) is 23.7 Å². The van der Waals surface area contributed by atoms with Crippen LogP contribution in [0.1, 0.15) is 5.56 Å². The van der Waals surface area contributed by atoms with Crippen LogP contribution in [-0.2, 0) is 5.75 Å². The number of aromatic nitrogens is 3. The second-order valence-corrected chi connectivity index (χ2v) is 6.38. The molecule has 6 heteroatoms. The summed E-state index contributed by atoms with van der Waals surface area (Å²) in [7, 11) is 0.